The van der Waals surface area contributed by atoms with E-state index in [0.29, 0.717) is 5.75 Å². The number of aromatic nitrogens is 1. The first-order valence-corrected chi connectivity index (χ1v) is 8.07. The Balaban J connectivity index is 1.85. The number of hydrogen-bond acceptors (Lipinski definition) is 5. The Bertz CT molecular complexity index is 647. The summed E-state index contributed by atoms with van der Waals surface area (Å²) in [6.07, 6.45) is 3.46. The number of nitrogens with two attached hydrogens (primary N) is 1. The monoisotopic (exact) mass is 319 g/mol. The van der Waals surface area contributed by atoms with Crippen LogP contribution in [-0.4, -0.2) is 39.5 Å². The number of carbonyl (C=O) groups is 2. The van der Waals surface area contributed by atoms with E-state index < -0.39 is 5.97 Å². The highest BCUT2D eigenvalue weighted by molar-refractivity contribution is 8.02. The molecule has 1 saturated heterocycles. The number of thioether (sulfide) groups is 1. The van der Waals surface area contributed by atoms with E-state index in [2.05, 4.69) is 4.98 Å². The number of carboxylic acids is 1. The average Bonchev–Trinajstić information content (AvgIpc) is 2.76. The topological polar surface area (TPSA) is 96.5 Å². The minimum Gasteiger partial charge on any atom is -0.477 e. The molecule has 0 spiro atoms. The first-order chi connectivity index (χ1) is 10.6. The molecular formula is C15H17N3O3S. The molecule has 1 fully saturated rings. The van der Waals surface area contributed by atoms with E-state index in [4.69, 9.17) is 5.73 Å². The molecule has 3 heterocycles. The normalized spacial score (nSPS) is 26.9. The molecular weight excluding hydrogens is 302 g/mol. The van der Waals surface area contributed by atoms with Crippen molar-refractivity contribution in [2.45, 2.75) is 18.7 Å². The van der Waals surface area contributed by atoms with Gasteiger partial charge in [0, 0.05) is 35.5 Å². The Morgan fingerprint density at radius 1 is 1.55 bits per heavy atom. The molecule has 116 valence electrons. The van der Waals surface area contributed by atoms with Crippen LogP contribution >= 0.6 is 11.8 Å². The summed E-state index contributed by atoms with van der Waals surface area (Å²) in [6, 6.07) is 3.69. The Morgan fingerprint density at radius 2 is 2.32 bits per heavy atom. The second kappa shape index (κ2) is 5.73. The van der Waals surface area contributed by atoms with Gasteiger partial charge in [0.15, 0.2) is 0 Å². The van der Waals surface area contributed by atoms with Crippen LogP contribution in [0.5, 0.6) is 0 Å². The third-order valence-electron chi connectivity index (χ3n) is 4.24. The van der Waals surface area contributed by atoms with Gasteiger partial charge < -0.3 is 15.7 Å². The molecule has 1 aromatic rings. The molecule has 3 rings (SSSR count). The van der Waals surface area contributed by atoms with Crippen molar-refractivity contribution in [3.05, 3.63) is 40.7 Å². The zero-order chi connectivity index (χ0) is 15.9. The molecule has 3 N–H and O–H groups in total. The average molecular weight is 319 g/mol. The fourth-order valence-corrected chi connectivity index (χ4v) is 4.40. The molecule has 7 heteroatoms. The van der Waals surface area contributed by atoms with Gasteiger partial charge in [-0.3, -0.25) is 9.78 Å². The zero-order valence-corrected chi connectivity index (χ0v) is 12.9. The maximum atomic E-state index is 12.1. The molecule has 6 nitrogen and oxygen atoms in total. The van der Waals surface area contributed by atoms with E-state index in [-0.39, 0.29) is 36.0 Å². The maximum Gasteiger partial charge on any atom is 0.353 e. The van der Waals surface area contributed by atoms with E-state index in [1.807, 2.05) is 19.1 Å². The summed E-state index contributed by atoms with van der Waals surface area (Å²) < 4.78 is 0. The molecule has 0 bridgehead atoms. The smallest absolute Gasteiger partial charge is 0.353 e. The molecule has 0 aliphatic carbocycles. The fourth-order valence-electron chi connectivity index (χ4n) is 3.18. The van der Waals surface area contributed by atoms with Crippen molar-refractivity contribution in [3.8, 4) is 0 Å². The number of aliphatic carboxylic acids is 1. The van der Waals surface area contributed by atoms with E-state index in [1.54, 1.807) is 12.4 Å². The SMILES string of the molecule is C[C@H]1C(SCc2cccnc2)=C(C(=O)O)N2C(=O)[C@H](CN)C12. The molecule has 3 atom stereocenters. The van der Waals surface area contributed by atoms with Crippen LogP contribution in [0, 0.1) is 11.8 Å². The molecule has 1 unspecified atom stereocenters. The van der Waals surface area contributed by atoms with Crippen LogP contribution in [0.15, 0.2) is 35.1 Å². The van der Waals surface area contributed by atoms with Crippen LogP contribution in [0.3, 0.4) is 0 Å². The molecule has 0 saturated carbocycles. The Hall–Kier alpha value is -1.86. The number of carbonyl (C=O) groups excluding carboxylic acids is 1. The summed E-state index contributed by atoms with van der Waals surface area (Å²) in [4.78, 5) is 29.9. The molecule has 2 aliphatic rings. The van der Waals surface area contributed by atoms with Gasteiger partial charge in [-0.1, -0.05) is 13.0 Å². The first kappa shape index (κ1) is 15.1. The maximum absolute atomic E-state index is 12.1. The van der Waals surface area contributed by atoms with Gasteiger partial charge in [-0.2, -0.15) is 0 Å². The third-order valence-corrected chi connectivity index (χ3v) is 5.59. The standard InChI is InChI=1S/C15H17N3O3S/c1-8-11-10(5-16)14(19)18(11)12(15(20)21)13(8)22-7-9-3-2-4-17-6-9/h2-4,6,8,10-11H,5,7,16H2,1H3,(H,20,21)/t8-,10-,11?/m1/s1. The van der Waals surface area contributed by atoms with Crippen LogP contribution < -0.4 is 5.73 Å². The van der Waals surface area contributed by atoms with Crippen LogP contribution in [0.4, 0.5) is 0 Å². The zero-order valence-electron chi connectivity index (χ0n) is 12.1. The van der Waals surface area contributed by atoms with Crippen molar-refractivity contribution >= 4 is 23.6 Å². The van der Waals surface area contributed by atoms with Crippen LogP contribution in [-0.2, 0) is 15.3 Å². The van der Waals surface area contributed by atoms with Crippen molar-refractivity contribution in [2.24, 2.45) is 17.6 Å². The fraction of sp³-hybridized carbons (Fsp3) is 0.400. The van der Waals surface area contributed by atoms with E-state index >= 15 is 0 Å². The number of hydrogen-bond donors (Lipinski definition) is 2. The van der Waals surface area contributed by atoms with Crippen molar-refractivity contribution < 1.29 is 14.7 Å². The second-order valence-corrected chi connectivity index (χ2v) is 6.51. The highest BCUT2D eigenvalue weighted by Gasteiger charge is 2.57. The predicted octanol–water partition coefficient (Wildman–Crippen LogP) is 1.05. The summed E-state index contributed by atoms with van der Waals surface area (Å²) in [7, 11) is 0. The quantitative estimate of drug-likeness (QED) is 0.787. The number of β-lactam (4-membered cyclic amide) rings is 1. The minimum atomic E-state index is -1.05. The van der Waals surface area contributed by atoms with Crippen molar-refractivity contribution in [3.63, 3.8) is 0 Å². The lowest BCUT2D eigenvalue weighted by molar-refractivity contribution is -0.155. The van der Waals surface area contributed by atoms with Gasteiger partial charge in [-0.05, 0) is 11.6 Å². The first-order valence-electron chi connectivity index (χ1n) is 7.08. The van der Waals surface area contributed by atoms with E-state index in [1.165, 1.54) is 16.7 Å². The summed E-state index contributed by atoms with van der Waals surface area (Å²) >= 11 is 1.47. The van der Waals surface area contributed by atoms with Gasteiger partial charge >= 0.3 is 5.97 Å². The molecule has 0 radical (unpaired) electrons. The van der Waals surface area contributed by atoms with Gasteiger partial charge in [0.1, 0.15) is 5.70 Å². The van der Waals surface area contributed by atoms with Crippen LogP contribution in [0.2, 0.25) is 0 Å². The summed E-state index contributed by atoms with van der Waals surface area (Å²) in [5.74, 6) is -0.854. The van der Waals surface area contributed by atoms with Crippen LogP contribution in [0.1, 0.15) is 12.5 Å². The second-order valence-electron chi connectivity index (χ2n) is 5.50. The van der Waals surface area contributed by atoms with Gasteiger partial charge in [0.05, 0.1) is 12.0 Å². The molecule has 1 amide bonds. The summed E-state index contributed by atoms with van der Waals surface area (Å²) in [6.45, 7) is 2.23. The molecule has 22 heavy (non-hydrogen) atoms. The number of fused-ring (bicyclic) bond motifs is 1. The van der Waals surface area contributed by atoms with Crippen molar-refractivity contribution in [1.29, 1.82) is 0 Å². The number of rotatable bonds is 5. The lowest BCUT2D eigenvalue weighted by atomic mass is 9.82. The lowest BCUT2D eigenvalue weighted by Gasteiger charge is -2.44. The van der Waals surface area contributed by atoms with Crippen molar-refractivity contribution in [1.82, 2.24) is 9.88 Å². The number of nitrogens with zero attached hydrogens (tertiary/aromatic N) is 2. The molecule has 0 aromatic carbocycles. The Kier molecular flexibility index (Phi) is 3.92. The van der Waals surface area contributed by atoms with Crippen molar-refractivity contribution in [2.75, 3.05) is 6.54 Å². The predicted molar refractivity (Wildman–Crippen MR) is 82.5 cm³/mol. The summed E-state index contributed by atoms with van der Waals surface area (Å²) in [5.41, 5.74) is 6.79. The Morgan fingerprint density at radius 3 is 2.91 bits per heavy atom. The molecule has 1 aromatic heterocycles. The highest BCUT2D eigenvalue weighted by atomic mass is 32.2. The largest absolute Gasteiger partial charge is 0.477 e. The van der Waals surface area contributed by atoms with Gasteiger partial charge in [-0.15, -0.1) is 11.8 Å². The number of pyridine rings is 1. The molecule has 2 aliphatic heterocycles. The van der Waals surface area contributed by atoms with Gasteiger partial charge in [0.25, 0.3) is 0 Å². The van der Waals surface area contributed by atoms with Gasteiger partial charge in [-0.25, -0.2) is 4.79 Å². The summed E-state index contributed by atoms with van der Waals surface area (Å²) in [5, 5.41) is 9.49. The van der Waals surface area contributed by atoms with Gasteiger partial charge in [0.2, 0.25) is 5.91 Å². The lowest BCUT2D eigenvalue weighted by Crippen LogP contribution is -2.62. The van der Waals surface area contributed by atoms with E-state index in [0.717, 1.165) is 10.5 Å². The minimum absolute atomic E-state index is 0.000906. The highest BCUT2D eigenvalue weighted by Crippen LogP contribution is 2.49. The number of carboxylic acid groups (broad SMARTS) is 1. The Labute approximate surface area is 132 Å². The van der Waals surface area contributed by atoms with E-state index in [9.17, 15) is 14.7 Å². The number of amides is 1. The third kappa shape index (κ3) is 2.21. The van der Waals surface area contributed by atoms with Crippen LogP contribution in [0.25, 0.3) is 0 Å².